The lowest BCUT2D eigenvalue weighted by atomic mass is 9.97. The normalized spacial score (nSPS) is 11.6. The molecule has 0 saturated heterocycles. The van der Waals surface area contributed by atoms with Crippen molar-refractivity contribution in [3.8, 4) is 62.1 Å². The number of rotatable bonds is 6. The van der Waals surface area contributed by atoms with E-state index in [0.717, 1.165) is 66.5 Å². The predicted molar refractivity (Wildman–Crippen MR) is 229 cm³/mol. The lowest BCUT2D eigenvalue weighted by Gasteiger charge is -2.10. The van der Waals surface area contributed by atoms with Crippen LogP contribution in [-0.2, 0) is 0 Å². The van der Waals surface area contributed by atoms with Gasteiger partial charge in [0, 0.05) is 38.2 Å². The van der Waals surface area contributed by atoms with Gasteiger partial charge in [-0.25, -0.2) is 15.0 Å². The molecule has 0 unspecified atom stereocenters. The molecule has 8 aromatic carbocycles. The van der Waals surface area contributed by atoms with E-state index in [0.29, 0.717) is 17.5 Å². The van der Waals surface area contributed by atoms with E-state index in [1.807, 2.05) is 60.7 Å². The third-order valence-corrected chi connectivity index (χ3v) is 10.7. The largest absolute Gasteiger partial charge is 0.454 e. The van der Waals surface area contributed by atoms with Crippen LogP contribution in [0.1, 0.15) is 0 Å². The second-order valence-electron chi connectivity index (χ2n) is 14.0. The molecule has 0 atom stereocenters. The van der Waals surface area contributed by atoms with E-state index in [2.05, 4.69) is 138 Å². The molecule has 5 nitrogen and oxygen atoms in total. The number of aromatic nitrogens is 4. The van der Waals surface area contributed by atoms with Gasteiger partial charge in [-0.2, -0.15) is 0 Å². The topological polar surface area (TPSA) is 56.7 Å². The van der Waals surface area contributed by atoms with Gasteiger partial charge in [-0.05, 0) is 58.7 Å². The Bertz CT molecular complexity index is 3180. The zero-order chi connectivity index (χ0) is 37.0. The summed E-state index contributed by atoms with van der Waals surface area (Å²) in [5.41, 5.74) is 12.3. The molecule has 11 aromatic rings. The van der Waals surface area contributed by atoms with Crippen molar-refractivity contribution in [3.63, 3.8) is 0 Å². The van der Waals surface area contributed by atoms with Gasteiger partial charge in [0.05, 0.1) is 16.7 Å². The van der Waals surface area contributed by atoms with Crippen LogP contribution in [0.2, 0.25) is 0 Å². The van der Waals surface area contributed by atoms with Crippen molar-refractivity contribution < 1.29 is 4.42 Å². The highest BCUT2D eigenvalue weighted by Crippen LogP contribution is 2.42. The first-order valence-corrected chi connectivity index (χ1v) is 18.8. The highest BCUT2D eigenvalue weighted by atomic mass is 16.3. The van der Waals surface area contributed by atoms with Crippen LogP contribution < -0.4 is 0 Å². The molecule has 0 bridgehead atoms. The Labute approximate surface area is 322 Å². The van der Waals surface area contributed by atoms with Gasteiger partial charge in [-0.3, -0.25) is 0 Å². The van der Waals surface area contributed by atoms with E-state index in [-0.39, 0.29) is 0 Å². The molecule has 11 rings (SSSR count). The molecule has 0 saturated carbocycles. The standard InChI is InChI=1S/C51H32N4O/c1-4-15-33(16-5-1)36-29-30-44-42(32-36)40-23-10-11-26-43(40)55(44)45-27-13-25-41-47-39(24-14-28-46(47)56-48(41)45)37-21-12-22-38(31-37)51-53-49(34-17-6-2-7-18-34)52-50(54-51)35-19-8-3-9-20-35/h1-32H. The highest BCUT2D eigenvalue weighted by Gasteiger charge is 2.20. The lowest BCUT2D eigenvalue weighted by Crippen LogP contribution is -2.00. The Hall–Kier alpha value is -7.63. The number of benzene rings is 8. The molecule has 3 aromatic heterocycles. The number of hydrogen-bond donors (Lipinski definition) is 0. The maximum absolute atomic E-state index is 6.85. The van der Waals surface area contributed by atoms with Crippen LogP contribution in [0.4, 0.5) is 0 Å². The zero-order valence-corrected chi connectivity index (χ0v) is 30.2. The van der Waals surface area contributed by atoms with Crippen LogP contribution >= 0.6 is 0 Å². The summed E-state index contributed by atoms with van der Waals surface area (Å²) in [7, 11) is 0. The summed E-state index contributed by atoms with van der Waals surface area (Å²) in [6.07, 6.45) is 0. The molecule has 0 aliphatic carbocycles. The summed E-state index contributed by atoms with van der Waals surface area (Å²) in [5.74, 6) is 1.89. The van der Waals surface area contributed by atoms with Crippen molar-refractivity contribution in [2.24, 2.45) is 0 Å². The van der Waals surface area contributed by atoms with Crippen molar-refractivity contribution in [1.29, 1.82) is 0 Å². The van der Waals surface area contributed by atoms with Crippen molar-refractivity contribution in [2.75, 3.05) is 0 Å². The fraction of sp³-hybridized carbons (Fsp3) is 0. The average molecular weight is 717 g/mol. The SMILES string of the molecule is c1ccc(-c2ccc3c(c2)c2ccccc2n3-c2cccc3c2oc2cccc(-c4cccc(-c5nc(-c6ccccc6)nc(-c6ccccc6)n5)c4)c23)cc1. The minimum Gasteiger partial charge on any atom is -0.454 e. The van der Waals surface area contributed by atoms with Crippen molar-refractivity contribution in [2.45, 2.75) is 0 Å². The van der Waals surface area contributed by atoms with Crippen LogP contribution in [0.3, 0.4) is 0 Å². The van der Waals surface area contributed by atoms with Crippen molar-refractivity contribution in [3.05, 3.63) is 194 Å². The van der Waals surface area contributed by atoms with Crippen LogP contribution in [0.5, 0.6) is 0 Å². The Morgan fingerprint density at radius 1 is 0.357 bits per heavy atom. The first-order valence-electron chi connectivity index (χ1n) is 18.8. The molecule has 56 heavy (non-hydrogen) atoms. The van der Waals surface area contributed by atoms with Crippen LogP contribution in [0, 0.1) is 0 Å². The fourth-order valence-corrected chi connectivity index (χ4v) is 8.06. The van der Waals surface area contributed by atoms with E-state index >= 15 is 0 Å². The molecule has 0 aliphatic rings. The van der Waals surface area contributed by atoms with Crippen molar-refractivity contribution >= 4 is 43.7 Å². The third kappa shape index (κ3) is 5.29. The first kappa shape index (κ1) is 31.9. The Kier molecular flexibility index (Phi) is 7.42. The maximum Gasteiger partial charge on any atom is 0.164 e. The second-order valence-corrected chi connectivity index (χ2v) is 14.0. The monoisotopic (exact) mass is 716 g/mol. The summed E-state index contributed by atoms with van der Waals surface area (Å²) < 4.78 is 9.20. The number of furan rings is 1. The van der Waals surface area contributed by atoms with Crippen LogP contribution in [0.25, 0.3) is 106 Å². The molecule has 0 N–H and O–H groups in total. The van der Waals surface area contributed by atoms with Gasteiger partial charge in [0.15, 0.2) is 23.1 Å². The summed E-state index contributed by atoms with van der Waals surface area (Å²) in [4.78, 5) is 14.9. The molecular weight excluding hydrogens is 685 g/mol. The van der Waals surface area contributed by atoms with Crippen molar-refractivity contribution in [1.82, 2.24) is 19.5 Å². The molecule has 0 radical (unpaired) electrons. The van der Waals surface area contributed by atoms with E-state index < -0.39 is 0 Å². The molecular formula is C51H32N4O. The van der Waals surface area contributed by atoms with Gasteiger partial charge in [-0.15, -0.1) is 0 Å². The van der Waals surface area contributed by atoms with E-state index in [1.165, 1.54) is 21.9 Å². The number of nitrogens with zero attached hydrogens (tertiary/aromatic N) is 4. The summed E-state index contributed by atoms with van der Waals surface area (Å²) in [6, 6.07) is 67.4. The Balaban J connectivity index is 1.07. The van der Waals surface area contributed by atoms with E-state index in [1.54, 1.807) is 0 Å². The van der Waals surface area contributed by atoms with Gasteiger partial charge in [-0.1, -0.05) is 158 Å². The minimum absolute atomic E-state index is 0.618. The van der Waals surface area contributed by atoms with Crippen LogP contribution in [0.15, 0.2) is 199 Å². The van der Waals surface area contributed by atoms with Gasteiger partial charge in [0.2, 0.25) is 0 Å². The van der Waals surface area contributed by atoms with Gasteiger partial charge in [0.25, 0.3) is 0 Å². The van der Waals surface area contributed by atoms with Gasteiger partial charge < -0.3 is 8.98 Å². The smallest absolute Gasteiger partial charge is 0.164 e. The first-order chi connectivity index (χ1) is 27.8. The molecule has 5 heteroatoms. The lowest BCUT2D eigenvalue weighted by molar-refractivity contribution is 0.666. The number of fused-ring (bicyclic) bond motifs is 6. The molecule has 0 spiro atoms. The van der Waals surface area contributed by atoms with Gasteiger partial charge in [0.1, 0.15) is 5.58 Å². The Morgan fingerprint density at radius 3 is 1.64 bits per heavy atom. The molecule has 0 amide bonds. The molecule has 262 valence electrons. The fourth-order valence-electron chi connectivity index (χ4n) is 8.06. The number of hydrogen-bond acceptors (Lipinski definition) is 4. The minimum atomic E-state index is 0.618. The van der Waals surface area contributed by atoms with E-state index in [9.17, 15) is 0 Å². The Morgan fingerprint density at radius 2 is 0.911 bits per heavy atom. The third-order valence-electron chi connectivity index (χ3n) is 10.7. The number of para-hydroxylation sites is 2. The quantitative estimate of drug-likeness (QED) is 0.172. The summed E-state index contributed by atoms with van der Waals surface area (Å²) >= 11 is 0. The van der Waals surface area contributed by atoms with Crippen LogP contribution in [-0.4, -0.2) is 19.5 Å². The van der Waals surface area contributed by atoms with E-state index in [4.69, 9.17) is 19.4 Å². The highest BCUT2D eigenvalue weighted by molar-refractivity contribution is 6.16. The second kappa shape index (κ2) is 13.0. The molecule has 0 fully saturated rings. The summed E-state index contributed by atoms with van der Waals surface area (Å²) in [5, 5.41) is 4.54. The zero-order valence-electron chi connectivity index (χ0n) is 30.2. The molecule has 0 aliphatic heterocycles. The summed E-state index contributed by atoms with van der Waals surface area (Å²) in [6.45, 7) is 0. The maximum atomic E-state index is 6.85. The predicted octanol–water partition coefficient (Wildman–Crippen LogP) is 13.2. The average Bonchev–Trinajstić information content (AvgIpc) is 3.83. The molecule has 3 heterocycles. The van der Waals surface area contributed by atoms with Gasteiger partial charge >= 0.3 is 0 Å².